The average molecular weight is 350 g/mol. The van der Waals surface area contributed by atoms with E-state index in [1.807, 2.05) is 18.2 Å². The van der Waals surface area contributed by atoms with Gasteiger partial charge in [0.05, 0.1) is 5.56 Å². The zero-order valence-corrected chi connectivity index (χ0v) is 14.1. The second-order valence-electron chi connectivity index (χ2n) is 6.12. The van der Waals surface area contributed by atoms with E-state index in [0.29, 0.717) is 11.1 Å². The number of rotatable bonds is 4. The van der Waals surface area contributed by atoms with E-state index >= 15 is 0 Å². The molecule has 1 aliphatic heterocycles. The Labute approximate surface area is 150 Å². The molecule has 6 heteroatoms. The van der Waals surface area contributed by atoms with Gasteiger partial charge in [0.25, 0.3) is 0 Å². The van der Waals surface area contributed by atoms with Crippen molar-refractivity contribution in [3.05, 3.63) is 58.0 Å². The van der Waals surface area contributed by atoms with Crippen LogP contribution in [0.3, 0.4) is 0 Å². The number of nitriles is 1. The molecule has 6 nitrogen and oxygen atoms in total. The monoisotopic (exact) mass is 350 g/mol. The van der Waals surface area contributed by atoms with Gasteiger partial charge in [-0.15, -0.1) is 0 Å². The number of aliphatic carboxylic acids is 1. The Hall–Kier alpha value is -3.33. The molecule has 0 unspecified atom stereocenters. The Kier molecular flexibility index (Phi) is 5.18. The fourth-order valence-corrected chi connectivity index (χ4v) is 2.99. The van der Waals surface area contributed by atoms with Crippen LogP contribution in [0.25, 0.3) is 17.0 Å². The second kappa shape index (κ2) is 7.70. The molecule has 1 aliphatic rings. The van der Waals surface area contributed by atoms with Gasteiger partial charge >= 0.3 is 11.6 Å². The normalized spacial score (nSPS) is 15.3. The van der Waals surface area contributed by atoms with Crippen molar-refractivity contribution < 1.29 is 14.3 Å². The predicted molar refractivity (Wildman–Crippen MR) is 98.9 cm³/mol. The topological polar surface area (TPSA) is 94.5 Å². The largest absolute Gasteiger partial charge is 0.477 e. The molecular formula is C20H18N2O4. The van der Waals surface area contributed by atoms with Gasteiger partial charge < -0.3 is 14.4 Å². The highest BCUT2D eigenvalue weighted by atomic mass is 16.4. The number of allylic oxidation sites excluding steroid dienone is 2. The molecule has 0 saturated carbocycles. The van der Waals surface area contributed by atoms with Crippen LogP contribution in [0.2, 0.25) is 0 Å². The minimum absolute atomic E-state index is 0.294. The molecule has 2 aromatic rings. The zero-order valence-electron chi connectivity index (χ0n) is 14.1. The summed E-state index contributed by atoms with van der Waals surface area (Å²) >= 11 is 0. The summed E-state index contributed by atoms with van der Waals surface area (Å²) in [6.07, 6.45) is 7.52. The van der Waals surface area contributed by atoms with Crippen LogP contribution in [-0.2, 0) is 4.79 Å². The van der Waals surface area contributed by atoms with Gasteiger partial charge in [0, 0.05) is 30.2 Å². The predicted octanol–water partition coefficient (Wildman–Crippen LogP) is 3.33. The lowest BCUT2D eigenvalue weighted by Crippen LogP contribution is -2.29. The molecule has 132 valence electrons. The number of nitrogens with zero attached hydrogens (tertiary/aromatic N) is 2. The Bertz CT molecular complexity index is 989. The van der Waals surface area contributed by atoms with Crippen molar-refractivity contribution in [1.82, 2.24) is 0 Å². The lowest BCUT2D eigenvalue weighted by atomic mass is 10.1. The van der Waals surface area contributed by atoms with Crippen LogP contribution in [-0.4, -0.2) is 24.2 Å². The number of hydrogen-bond donors (Lipinski definition) is 1. The van der Waals surface area contributed by atoms with Crippen LogP contribution in [0.5, 0.6) is 0 Å². The number of carboxylic acid groups (broad SMARTS) is 1. The third-order valence-corrected chi connectivity index (χ3v) is 4.36. The molecular weight excluding hydrogens is 332 g/mol. The van der Waals surface area contributed by atoms with E-state index in [1.165, 1.54) is 31.4 Å². The molecule has 0 radical (unpaired) electrons. The van der Waals surface area contributed by atoms with Crippen LogP contribution in [0.1, 0.15) is 24.8 Å². The molecule has 1 fully saturated rings. The van der Waals surface area contributed by atoms with Gasteiger partial charge in [-0.3, -0.25) is 0 Å². The molecule has 1 aromatic heterocycles. The Balaban J connectivity index is 1.90. The highest BCUT2D eigenvalue weighted by molar-refractivity contribution is 5.91. The molecule has 0 aliphatic carbocycles. The van der Waals surface area contributed by atoms with Gasteiger partial charge in [0.1, 0.15) is 17.2 Å². The lowest BCUT2D eigenvalue weighted by Gasteiger charge is -2.28. The van der Waals surface area contributed by atoms with Gasteiger partial charge in [-0.05, 0) is 49.6 Å². The molecule has 0 spiro atoms. The highest BCUT2D eigenvalue weighted by Crippen LogP contribution is 2.24. The number of anilines is 1. The minimum Gasteiger partial charge on any atom is -0.477 e. The van der Waals surface area contributed by atoms with Crippen LogP contribution in [0, 0.1) is 11.3 Å². The van der Waals surface area contributed by atoms with E-state index in [1.54, 1.807) is 12.1 Å². The first-order valence-electron chi connectivity index (χ1n) is 8.43. The third-order valence-electron chi connectivity index (χ3n) is 4.36. The maximum atomic E-state index is 12.2. The molecule has 0 amide bonds. The van der Waals surface area contributed by atoms with Crippen LogP contribution < -0.4 is 10.5 Å². The number of carbonyl (C=O) groups is 1. The molecule has 1 aromatic carbocycles. The maximum Gasteiger partial charge on any atom is 0.346 e. The van der Waals surface area contributed by atoms with Gasteiger partial charge in [0.15, 0.2) is 0 Å². The molecule has 1 saturated heterocycles. The SMILES string of the molecule is N#C/C(=C\C=C\c1cc2ccc(N3CCCCC3)cc2oc1=O)C(=O)O. The van der Waals surface area contributed by atoms with Crippen molar-refractivity contribution in [3.8, 4) is 6.07 Å². The molecule has 3 rings (SSSR count). The van der Waals surface area contributed by atoms with Crippen molar-refractivity contribution in [2.45, 2.75) is 19.3 Å². The van der Waals surface area contributed by atoms with Crippen molar-refractivity contribution >= 4 is 28.7 Å². The second-order valence-corrected chi connectivity index (χ2v) is 6.12. The van der Waals surface area contributed by atoms with E-state index in [4.69, 9.17) is 14.8 Å². The lowest BCUT2D eigenvalue weighted by molar-refractivity contribution is -0.132. The van der Waals surface area contributed by atoms with E-state index in [-0.39, 0.29) is 0 Å². The van der Waals surface area contributed by atoms with E-state index in [0.717, 1.165) is 30.2 Å². The summed E-state index contributed by atoms with van der Waals surface area (Å²) in [4.78, 5) is 25.2. The van der Waals surface area contributed by atoms with Gasteiger partial charge in [-0.1, -0.05) is 6.08 Å². The summed E-state index contributed by atoms with van der Waals surface area (Å²) in [5.41, 5.74) is 0.951. The summed E-state index contributed by atoms with van der Waals surface area (Å²) in [5.74, 6) is -1.31. The Morgan fingerprint density at radius 1 is 1.23 bits per heavy atom. The van der Waals surface area contributed by atoms with Crippen molar-refractivity contribution in [1.29, 1.82) is 5.26 Å². The van der Waals surface area contributed by atoms with Crippen LogP contribution in [0.15, 0.2) is 51.2 Å². The number of benzene rings is 1. The Morgan fingerprint density at radius 2 is 2.00 bits per heavy atom. The highest BCUT2D eigenvalue weighted by Gasteiger charge is 2.12. The summed E-state index contributed by atoms with van der Waals surface area (Å²) in [7, 11) is 0. The molecule has 2 heterocycles. The Morgan fingerprint density at radius 3 is 2.69 bits per heavy atom. The number of hydrogen-bond acceptors (Lipinski definition) is 5. The zero-order chi connectivity index (χ0) is 18.5. The summed E-state index contributed by atoms with van der Waals surface area (Å²) in [5, 5.41) is 18.3. The summed E-state index contributed by atoms with van der Waals surface area (Å²) in [6, 6.07) is 9.07. The molecule has 26 heavy (non-hydrogen) atoms. The van der Waals surface area contributed by atoms with Crippen molar-refractivity contribution in [2.75, 3.05) is 18.0 Å². The van der Waals surface area contributed by atoms with E-state index in [2.05, 4.69) is 4.90 Å². The van der Waals surface area contributed by atoms with Crippen molar-refractivity contribution in [3.63, 3.8) is 0 Å². The first-order valence-corrected chi connectivity index (χ1v) is 8.43. The smallest absolute Gasteiger partial charge is 0.346 e. The van der Waals surface area contributed by atoms with E-state index in [9.17, 15) is 9.59 Å². The van der Waals surface area contributed by atoms with E-state index < -0.39 is 17.2 Å². The number of piperidine rings is 1. The maximum absolute atomic E-state index is 12.2. The van der Waals surface area contributed by atoms with Gasteiger partial charge in [0.2, 0.25) is 0 Å². The van der Waals surface area contributed by atoms with Crippen LogP contribution in [0.4, 0.5) is 5.69 Å². The first kappa shape index (κ1) is 17.5. The van der Waals surface area contributed by atoms with Crippen LogP contribution >= 0.6 is 0 Å². The number of fused-ring (bicyclic) bond motifs is 1. The summed E-state index contributed by atoms with van der Waals surface area (Å²) in [6.45, 7) is 2.02. The average Bonchev–Trinajstić information content (AvgIpc) is 2.65. The summed E-state index contributed by atoms with van der Waals surface area (Å²) < 4.78 is 5.42. The van der Waals surface area contributed by atoms with Gasteiger partial charge in [-0.2, -0.15) is 5.26 Å². The minimum atomic E-state index is -1.31. The fourth-order valence-electron chi connectivity index (χ4n) is 2.99. The molecule has 0 bridgehead atoms. The standard InChI is InChI=1S/C20H18N2O4/c21-13-16(19(23)24)6-4-5-15-11-14-7-8-17(12-18(14)26-20(15)25)22-9-2-1-3-10-22/h4-8,11-12H,1-3,9-10H2,(H,23,24)/b5-4+,16-6+. The third kappa shape index (κ3) is 3.83. The molecule has 0 atom stereocenters. The van der Waals surface area contributed by atoms with Gasteiger partial charge in [-0.25, -0.2) is 9.59 Å². The van der Waals surface area contributed by atoms with Crippen molar-refractivity contribution in [2.24, 2.45) is 0 Å². The fraction of sp³-hybridized carbons (Fsp3) is 0.250. The molecule has 1 N–H and O–H groups in total. The first-order chi connectivity index (χ1) is 12.6. The number of carboxylic acids is 1. The quantitative estimate of drug-likeness (QED) is 0.393.